The van der Waals surface area contributed by atoms with Gasteiger partial charge >= 0.3 is 0 Å². The van der Waals surface area contributed by atoms with Gasteiger partial charge < -0.3 is 9.84 Å². The molecule has 0 amide bonds. The molecule has 128 valence electrons. The number of methoxy groups -OCH3 is 1. The van der Waals surface area contributed by atoms with E-state index in [0.717, 1.165) is 23.4 Å². The SMILES string of the molecule is COc1cc(C=NCC(C)C)c(O)c(C(C)(C)c2ccccc2)c1. The molecule has 2 aromatic carbocycles. The summed E-state index contributed by atoms with van der Waals surface area (Å²) in [6.45, 7) is 9.17. The van der Waals surface area contributed by atoms with Crippen molar-refractivity contribution in [3.05, 3.63) is 59.2 Å². The fourth-order valence-electron chi connectivity index (χ4n) is 2.69. The predicted molar refractivity (Wildman–Crippen MR) is 101 cm³/mol. The van der Waals surface area contributed by atoms with Gasteiger partial charge in [-0.1, -0.05) is 58.0 Å². The third-order valence-electron chi connectivity index (χ3n) is 4.22. The summed E-state index contributed by atoms with van der Waals surface area (Å²) in [5.41, 5.74) is 2.31. The van der Waals surface area contributed by atoms with E-state index in [1.807, 2.05) is 30.3 Å². The van der Waals surface area contributed by atoms with Gasteiger partial charge in [0.25, 0.3) is 0 Å². The first kappa shape index (κ1) is 18.1. The normalized spacial score (nSPS) is 12.1. The zero-order valence-electron chi connectivity index (χ0n) is 15.2. The van der Waals surface area contributed by atoms with Crippen molar-refractivity contribution in [2.75, 3.05) is 13.7 Å². The standard InChI is InChI=1S/C21H27NO2/c1-15(2)13-22-14-16-11-18(24-5)12-19(20(16)23)21(3,4)17-9-7-6-8-10-17/h6-12,14-15,23H,13H2,1-5H3. The third-order valence-corrected chi connectivity index (χ3v) is 4.22. The number of hydrogen-bond donors (Lipinski definition) is 1. The van der Waals surface area contributed by atoms with E-state index in [0.29, 0.717) is 11.5 Å². The minimum absolute atomic E-state index is 0.261. The molecular weight excluding hydrogens is 298 g/mol. The molecule has 3 heteroatoms. The zero-order chi connectivity index (χ0) is 17.7. The van der Waals surface area contributed by atoms with Crippen LogP contribution in [0.5, 0.6) is 11.5 Å². The second kappa shape index (κ2) is 7.52. The lowest BCUT2D eigenvalue weighted by atomic mass is 9.77. The van der Waals surface area contributed by atoms with Gasteiger partial charge in [-0.2, -0.15) is 0 Å². The van der Waals surface area contributed by atoms with Gasteiger partial charge in [-0.15, -0.1) is 0 Å². The van der Waals surface area contributed by atoms with Crippen LogP contribution in [0.3, 0.4) is 0 Å². The Morgan fingerprint density at radius 3 is 2.42 bits per heavy atom. The molecule has 0 radical (unpaired) electrons. The Kier molecular flexibility index (Phi) is 5.66. The lowest BCUT2D eigenvalue weighted by molar-refractivity contribution is 0.407. The molecule has 0 aliphatic heterocycles. The molecule has 0 fully saturated rings. The van der Waals surface area contributed by atoms with Crippen molar-refractivity contribution in [3.63, 3.8) is 0 Å². The summed E-state index contributed by atoms with van der Waals surface area (Å²) in [6, 6.07) is 13.9. The van der Waals surface area contributed by atoms with Crippen molar-refractivity contribution in [2.24, 2.45) is 10.9 Å². The number of aliphatic imine (C=N–C) groups is 1. The molecule has 0 aliphatic carbocycles. The van der Waals surface area contributed by atoms with E-state index in [1.54, 1.807) is 13.3 Å². The maximum atomic E-state index is 10.8. The van der Waals surface area contributed by atoms with Crippen molar-refractivity contribution in [1.29, 1.82) is 0 Å². The Bertz CT molecular complexity index is 703. The molecule has 0 aromatic heterocycles. The van der Waals surface area contributed by atoms with E-state index >= 15 is 0 Å². The molecule has 0 saturated carbocycles. The van der Waals surface area contributed by atoms with Gasteiger partial charge in [-0.05, 0) is 23.6 Å². The summed E-state index contributed by atoms with van der Waals surface area (Å²) in [5, 5.41) is 10.8. The number of hydrogen-bond acceptors (Lipinski definition) is 3. The first-order valence-electron chi connectivity index (χ1n) is 8.33. The third kappa shape index (κ3) is 3.97. The van der Waals surface area contributed by atoms with Crippen molar-refractivity contribution < 1.29 is 9.84 Å². The Balaban J connectivity index is 2.51. The van der Waals surface area contributed by atoms with Crippen molar-refractivity contribution >= 4 is 6.21 Å². The first-order valence-corrected chi connectivity index (χ1v) is 8.33. The number of ether oxygens (including phenoxy) is 1. The van der Waals surface area contributed by atoms with Crippen LogP contribution in [0.15, 0.2) is 47.5 Å². The lowest BCUT2D eigenvalue weighted by Crippen LogP contribution is -2.19. The number of benzene rings is 2. The monoisotopic (exact) mass is 325 g/mol. The van der Waals surface area contributed by atoms with Crippen molar-refractivity contribution in [2.45, 2.75) is 33.1 Å². The summed E-state index contributed by atoms with van der Waals surface area (Å²) in [5.74, 6) is 1.46. The quantitative estimate of drug-likeness (QED) is 0.775. The molecule has 0 heterocycles. The highest BCUT2D eigenvalue weighted by atomic mass is 16.5. The molecule has 0 spiro atoms. The predicted octanol–water partition coefficient (Wildman–Crippen LogP) is 4.80. The van der Waals surface area contributed by atoms with Crippen LogP contribution in [0.1, 0.15) is 44.4 Å². The van der Waals surface area contributed by atoms with E-state index in [1.165, 1.54) is 0 Å². The first-order chi connectivity index (χ1) is 11.4. The highest BCUT2D eigenvalue weighted by Crippen LogP contribution is 2.40. The van der Waals surface area contributed by atoms with Crippen LogP contribution >= 0.6 is 0 Å². The van der Waals surface area contributed by atoms with Crippen LogP contribution in [-0.4, -0.2) is 25.0 Å². The van der Waals surface area contributed by atoms with Crippen molar-refractivity contribution in [1.82, 2.24) is 0 Å². The Morgan fingerprint density at radius 1 is 1.17 bits per heavy atom. The van der Waals surface area contributed by atoms with Gasteiger partial charge in [-0.25, -0.2) is 0 Å². The molecule has 1 N–H and O–H groups in total. The Hall–Kier alpha value is -2.29. The number of aromatic hydroxyl groups is 1. The minimum Gasteiger partial charge on any atom is -0.507 e. The molecule has 0 aliphatic rings. The van der Waals surface area contributed by atoms with E-state index in [-0.39, 0.29) is 11.2 Å². The number of nitrogens with zero attached hydrogens (tertiary/aromatic N) is 1. The number of phenols is 1. The molecule has 24 heavy (non-hydrogen) atoms. The Morgan fingerprint density at radius 2 is 1.83 bits per heavy atom. The van der Waals surface area contributed by atoms with Gasteiger partial charge in [-0.3, -0.25) is 4.99 Å². The van der Waals surface area contributed by atoms with Gasteiger partial charge in [0.05, 0.1) is 7.11 Å². The minimum atomic E-state index is -0.347. The van der Waals surface area contributed by atoms with Gasteiger partial charge in [0.2, 0.25) is 0 Å². The second-order valence-corrected chi connectivity index (χ2v) is 6.99. The molecule has 2 rings (SSSR count). The van der Waals surface area contributed by atoms with Crippen LogP contribution < -0.4 is 4.74 Å². The average Bonchev–Trinajstić information content (AvgIpc) is 2.56. The van der Waals surface area contributed by atoms with Crippen LogP contribution in [0.25, 0.3) is 0 Å². The zero-order valence-corrected chi connectivity index (χ0v) is 15.2. The number of rotatable bonds is 6. The fourth-order valence-corrected chi connectivity index (χ4v) is 2.69. The fraction of sp³-hybridized carbons (Fsp3) is 0.381. The van der Waals surface area contributed by atoms with Crippen LogP contribution in [0, 0.1) is 5.92 Å². The maximum Gasteiger partial charge on any atom is 0.128 e. The summed E-state index contributed by atoms with van der Waals surface area (Å²) in [4.78, 5) is 4.43. The van der Waals surface area contributed by atoms with Gasteiger partial charge in [0.15, 0.2) is 0 Å². The largest absolute Gasteiger partial charge is 0.507 e. The topological polar surface area (TPSA) is 41.8 Å². The van der Waals surface area contributed by atoms with Crippen LogP contribution in [-0.2, 0) is 5.41 Å². The lowest BCUT2D eigenvalue weighted by Gasteiger charge is -2.28. The maximum absolute atomic E-state index is 10.8. The van der Waals surface area contributed by atoms with E-state index < -0.39 is 0 Å². The molecule has 2 aromatic rings. The highest BCUT2D eigenvalue weighted by Gasteiger charge is 2.28. The highest BCUT2D eigenvalue weighted by molar-refractivity contribution is 5.85. The summed E-state index contributed by atoms with van der Waals surface area (Å²) in [6.07, 6.45) is 1.74. The molecule has 0 saturated heterocycles. The Labute approximate surface area is 145 Å². The number of phenolic OH excluding ortho intramolecular Hbond substituents is 1. The molecule has 0 unspecified atom stereocenters. The molecular formula is C21H27NO2. The summed E-state index contributed by atoms with van der Waals surface area (Å²) in [7, 11) is 1.64. The second-order valence-electron chi connectivity index (χ2n) is 6.99. The van der Waals surface area contributed by atoms with E-state index in [4.69, 9.17) is 4.74 Å². The summed E-state index contributed by atoms with van der Waals surface area (Å²) < 4.78 is 5.44. The summed E-state index contributed by atoms with van der Waals surface area (Å²) >= 11 is 0. The van der Waals surface area contributed by atoms with E-state index in [2.05, 4.69) is 44.8 Å². The van der Waals surface area contributed by atoms with Gasteiger partial charge in [0.1, 0.15) is 11.5 Å². The average molecular weight is 325 g/mol. The molecule has 0 atom stereocenters. The van der Waals surface area contributed by atoms with Crippen molar-refractivity contribution in [3.8, 4) is 11.5 Å². The van der Waals surface area contributed by atoms with Gasteiger partial charge in [0, 0.05) is 29.3 Å². The van der Waals surface area contributed by atoms with Crippen LogP contribution in [0.2, 0.25) is 0 Å². The van der Waals surface area contributed by atoms with E-state index in [9.17, 15) is 5.11 Å². The van der Waals surface area contributed by atoms with Crippen LogP contribution in [0.4, 0.5) is 0 Å². The smallest absolute Gasteiger partial charge is 0.128 e. The molecule has 0 bridgehead atoms. The molecule has 3 nitrogen and oxygen atoms in total.